The highest BCUT2D eigenvalue weighted by Crippen LogP contribution is 2.33. The van der Waals surface area contributed by atoms with Gasteiger partial charge in [0, 0.05) is 18.1 Å². The van der Waals surface area contributed by atoms with E-state index in [1.807, 2.05) is 0 Å². The Hall–Kier alpha value is -1.75. The molecule has 0 bridgehead atoms. The Morgan fingerprint density at radius 3 is 3.12 bits per heavy atom. The summed E-state index contributed by atoms with van der Waals surface area (Å²) in [5.74, 6) is 0.0344. The molecule has 1 aromatic carbocycles. The van der Waals surface area contributed by atoms with Crippen molar-refractivity contribution in [1.29, 1.82) is 5.26 Å². The molecule has 1 unspecified atom stereocenters. The van der Waals surface area contributed by atoms with Crippen LogP contribution in [0.15, 0.2) is 24.4 Å². The Balaban J connectivity index is 2.29. The van der Waals surface area contributed by atoms with E-state index in [2.05, 4.69) is 42.0 Å². The highest BCUT2D eigenvalue weighted by molar-refractivity contribution is 5.88. The van der Waals surface area contributed by atoms with Gasteiger partial charge in [-0.2, -0.15) is 5.26 Å². The Bertz CT molecular complexity index is 601. The van der Waals surface area contributed by atoms with Gasteiger partial charge in [0.25, 0.3) is 0 Å². The van der Waals surface area contributed by atoms with Crippen molar-refractivity contribution in [3.05, 3.63) is 35.5 Å². The molecule has 1 atom stereocenters. The van der Waals surface area contributed by atoms with Crippen LogP contribution in [0.5, 0.6) is 0 Å². The Morgan fingerprint density at radius 2 is 2.35 bits per heavy atom. The lowest BCUT2D eigenvalue weighted by Gasteiger charge is -2.14. The lowest BCUT2D eigenvalue weighted by Crippen LogP contribution is -2.05. The Morgan fingerprint density at radius 1 is 1.47 bits per heavy atom. The molecule has 1 aromatic heterocycles. The second-order valence-electron chi connectivity index (χ2n) is 4.78. The van der Waals surface area contributed by atoms with E-state index in [-0.39, 0.29) is 5.92 Å². The largest absolute Gasteiger partial charge is 0.347 e. The fourth-order valence-electron chi connectivity index (χ4n) is 2.94. The first kappa shape index (κ1) is 10.4. The predicted molar refractivity (Wildman–Crippen MR) is 68.9 cm³/mol. The smallest absolute Gasteiger partial charge is 0.0731 e. The van der Waals surface area contributed by atoms with Crippen molar-refractivity contribution < 1.29 is 0 Å². The maximum atomic E-state index is 9.25. The fourth-order valence-corrected chi connectivity index (χ4v) is 2.94. The summed E-state index contributed by atoms with van der Waals surface area (Å²) < 4.78 is 2.34. The molecule has 0 aliphatic carbocycles. The minimum atomic E-state index is 0.0344. The van der Waals surface area contributed by atoms with Crippen LogP contribution in [0, 0.1) is 11.3 Å². The van der Waals surface area contributed by atoms with Crippen LogP contribution in [0.25, 0.3) is 10.9 Å². The third-order valence-corrected chi connectivity index (χ3v) is 3.80. The molecule has 1 aliphatic rings. The van der Waals surface area contributed by atoms with Gasteiger partial charge in [0.05, 0.1) is 17.5 Å². The molecule has 3 rings (SSSR count). The van der Waals surface area contributed by atoms with Gasteiger partial charge >= 0.3 is 0 Å². The van der Waals surface area contributed by atoms with Gasteiger partial charge in [-0.25, -0.2) is 0 Å². The summed E-state index contributed by atoms with van der Waals surface area (Å²) in [6.07, 6.45) is 5.47. The van der Waals surface area contributed by atoms with E-state index in [0.717, 1.165) is 13.0 Å². The molecule has 0 saturated carbocycles. The van der Waals surface area contributed by atoms with Crippen LogP contribution in [0.2, 0.25) is 0 Å². The highest BCUT2D eigenvalue weighted by atomic mass is 15.0. The molecule has 0 fully saturated rings. The van der Waals surface area contributed by atoms with Crippen molar-refractivity contribution in [1.82, 2.24) is 4.57 Å². The first-order chi connectivity index (χ1) is 8.35. The summed E-state index contributed by atoms with van der Waals surface area (Å²) in [6, 6.07) is 8.93. The monoisotopic (exact) mass is 224 g/mol. The van der Waals surface area contributed by atoms with Gasteiger partial charge in [0.1, 0.15) is 0 Å². The topological polar surface area (TPSA) is 28.7 Å². The number of hydrogen-bond acceptors (Lipinski definition) is 1. The number of rotatable bonds is 2. The third-order valence-electron chi connectivity index (χ3n) is 3.80. The second-order valence-corrected chi connectivity index (χ2v) is 4.78. The van der Waals surface area contributed by atoms with Crippen LogP contribution in [0.1, 0.15) is 36.8 Å². The molecule has 0 radical (unpaired) electrons. The average molecular weight is 224 g/mol. The normalized spacial score (nSPS) is 15.8. The number of nitrogens with zero attached hydrogens (tertiary/aromatic N) is 2. The van der Waals surface area contributed by atoms with E-state index in [0.29, 0.717) is 0 Å². The summed E-state index contributed by atoms with van der Waals surface area (Å²) in [5.41, 5.74) is 4.02. The summed E-state index contributed by atoms with van der Waals surface area (Å²) in [5, 5.41) is 10.5. The standard InChI is InChI=1S/C15H16N2/c1-2-11(9-16)14-10-17-8-4-6-12-5-3-7-13(14)15(12)17/h3,5,7,10-11H,2,4,6,8H2,1H3. The van der Waals surface area contributed by atoms with Crippen LogP contribution in [-0.4, -0.2) is 4.57 Å². The Kier molecular flexibility index (Phi) is 2.40. The van der Waals surface area contributed by atoms with Gasteiger partial charge in [-0.05, 0) is 30.4 Å². The molecule has 2 heteroatoms. The van der Waals surface area contributed by atoms with Crippen LogP contribution >= 0.6 is 0 Å². The maximum Gasteiger partial charge on any atom is 0.0731 e. The van der Waals surface area contributed by atoms with Gasteiger partial charge in [-0.1, -0.05) is 25.1 Å². The minimum absolute atomic E-state index is 0.0344. The quantitative estimate of drug-likeness (QED) is 0.766. The van der Waals surface area contributed by atoms with Crippen molar-refractivity contribution in [2.45, 2.75) is 38.6 Å². The van der Waals surface area contributed by atoms with E-state index < -0.39 is 0 Å². The molecule has 0 spiro atoms. The van der Waals surface area contributed by atoms with Crippen LogP contribution in [-0.2, 0) is 13.0 Å². The summed E-state index contributed by atoms with van der Waals surface area (Å²) >= 11 is 0. The van der Waals surface area contributed by atoms with Crippen molar-refractivity contribution in [2.24, 2.45) is 0 Å². The van der Waals surface area contributed by atoms with Crippen LogP contribution in [0.3, 0.4) is 0 Å². The van der Waals surface area contributed by atoms with Crippen molar-refractivity contribution >= 4 is 10.9 Å². The van der Waals surface area contributed by atoms with E-state index in [4.69, 9.17) is 0 Å². The number of nitriles is 1. The molecular formula is C15H16N2. The molecule has 0 saturated heterocycles. The molecule has 86 valence electrons. The summed E-state index contributed by atoms with van der Waals surface area (Å²) in [7, 11) is 0. The SMILES string of the molecule is CCC(C#N)c1cn2c3c(cccc13)CCC2. The second kappa shape index (κ2) is 3.92. The number of benzene rings is 1. The molecule has 2 heterocycles. The zero-order valence-corrected chi connectivity index (χ0v) is 10.1. The molecule has 1 aliphatic heterocycles. The van der Waals surface area contributed by atoms with Crippen molar-refractivity contribution in [3.63, 3.8) is 0 Å². The van der Waals surface area contributed by atoms with E-state index >= 15 is 0 Å². The number of hydrogen-bond donors (Lipinski definition) is 0. The molecule has 2 aromatic rings. The number of aromatic nitrogens is 1. The van der Waals surface area contributed by atoms with E-state index in [1.165, 1.54) is 34.9 Å². The van der Waals surface area contributed by atoms with Gasteiger partial charge in [0.2, 0.25) is 0 Å². The minimum Gasteiger partial charge on any atom is -0.347 e. The van der Waals surface area contributed by atoms with E-state index in [1.54, 1.807) is 0 Å². The molecule has 2 nitrogen and oxygen atoms in total. The lowest BCUT2D eigenvalue weighted by molar-refractivity contribution is 0.633. The molecule has 17 heavy (non-hydrogen) atoms. The number of para-hydroxylation sites is 1. The maximum absolute atomic E-state index is 9.25. The fraction of sp³-hybridized carbons (Fsp3) is 0.400. The predicted octanol–water partition coefficient (Wildman–Crippen LogP) is 3.60. The molecular weight excluding hydrogens is 208 g/mol. The van der Waals surface area contributed by atoms with Crippen LogP contribution < -0.4 is 0 Å². The highest BCUT2D eigenvalue weighted by Gasteiger charge is 2.19. The van der Waals surface area contributed by atoms with Crippen molar-refractivity contribution in [2.75, 3.05) is 0 Å². The zero-order chi connectivity index (χ0) is 11.8. The van der Waals surface area contributed by atoms with Gasteiger partial charge in [0.15, 0.2) is 0 Å². The van der Waals surface area contributed by atoms with E-state index in [9.17, 15) is 5.26 Å². The Labute approximate surface area is 101 Å². The lowest BCUT2D eigenvalue weighted by atomic mass is 9.96. The van der Waals surface area contributed by atoms with Gasteiger partial charge in [-0.15, -0.1) is 0 Å². The van der Waals surface area contributed by atoms with Gasteiger partial charge < -0.3 is 4.57 Å². The summed E-state index contributed by atoms with van der Waals surface area (Å²) in [6.45, 7) is 3.18. The molecule has 0 amide bonds. The average Bonchev–Trinajstić information content (AvgIpc) is 2.73. The number of aryl methyl sites for hydroxylation is 2. The first-order valence-corrected chi connectivity index (χ1v) is 6.35. The first-order valence-electron chi connectivity index (χ1n) is 6.35. The van der Waals surface area contributed by atoms with Crippen molar-refractivity contribution in [3.8, 4) is 6.07 Å². The van der Waals surface area contributed by atoms with Gasteiger partial charge in [-0.3, -0.25) is 0 Å². The summed E-state index contributed by atoms with van der Waals surface area (Å²) in [4.78, 5) is 0. The molecule has 0 N–H and O–H groups in total. The van der Waals surface area contributed by atoms with Crippen LogP contribution in [0.4, 0.5) is 0 Å². The zero-order valence-electron chi connectivity index (χ0n) is 10.1. The third kappa shape index (κ3) is 1.46.